The smallest absolute Gasteiger partial charge is 0.284 e. The van der Waals surface area contributed by atoms with Crippen LogP contribution in [0.3, 0.4) is 0 Å². The molecule has 1 N–H and O–H groups in total. The maximum atomic E-state index is 13.8. The molecule has 9 nitrogen and oxygen atoms in total. The van der Waals surface area contributed by atoms with E-state index < -0.39 is 18.0 Å². The zero-order valence-electron chi connectivity index (χ0n) is 19.4. The van der Waals surface area contributed by atoms with Crippen LogP contribution >= 0.6 is 0 Å². The predicted octanol–water partition coefficient (Wildman–Crippen LogP) is 4.14. The number of ether oxygens (including phenoxy) is 1. The van der Waals surface area contributed by atoms with Crippen molar-refractivity contribution in [2.24, 2.45) is 5.92 Å². The molecule has 11 heteroatoms. The average molecular weight is 484 g/mol. The molecule has 2 bridgehead atoms. The van der Waals surface area contributed by atoms with Gasteiger partial charge in [0.25, 0.3) is 12.3 Å². The Hall–Kier alpha value is -3.21. The Morgan fingerprint density at radius 2 is 2.00 bits per heavy atom. The first-order chi connectivity index (χ1) is 17.0. The van der Waals surface area contributed by atoms with Gasteiger partial charge in [0.15, 0.2) is 11.4 Å². The average Bonchev–Trinajstić information content (AvgIpc) is 3.60. The summed E-state index contributed by atoms with van der Waals surface area (Å²) in [5.41, 5.74) is 0.448. The number of halogens is 2. The maximum Gasteiger partial charge on any atom is 0.284 e. The van der Waals surface area contributed by atoms with Gasteiger partial charge in [-0.15, -0.1) is 0 Å². The summed E-state index contributed by atoms with van der Waals surface area (Å²) in [5.74, 6) is 0.735. The van der Waals surface area contributed by atoms with E-state index in [1.54, 1.807) is 10.7 Å². The van der Waals surface area contributed by atoms with E-state index >= 15 is 0 Å². The van der Waals surface area contributed by atoms with Crippen LogP contribution < -0.4 is 10.2 Å². The van der Waals surface area contributed by atoms with E-state index in [1.807, 2.05) is 6.07 Å². The molecule has 0 aromatic carbocycles. The van der Waals surface area contributed by atoms with Crippen LogP contribution in [0, 0.1) is 5.92 Å². The lowest BCUT2D eigenvalue weighted by atomic mass is 9.87. The van der Waals surface area contributed by atoms with Gasteiger partial charge >= 0.3 is 0 Å². The Morgan fingerprint density at radius 1 is 1.17 bits per heavy atom. The van der Waals surface area contributed by atoms with Crippen LogP contribution in [0.1, 0.15) is 67.7 Å². The van der Waals surface area contributed by atoms with Crippen molar-refractivity contribution < 1.29 is 18.3 Å². The van der Waals surface area contributed by atoms with Crippen LogP contribution in [-0.4, -0.2) is 55.9 Å². The highest BCUT2D eigenvalue weighted by Gasteiger charge is 2.39. The number of hydrogen-bond acceptors (Lipinski definition) is 7. The number of pyridine rings is 1. The largest absolute Gasteiger partial charge is 0.374 e. The van der Waals surface area contributed by atoms with Crippen LogP contribution in [0.25, 0.3) is 11.0 Å². The Labute approximate surface area is 200 Å². The van der Waals surface area contributed by atoms with Gasteiger partial charge < -0.3 is 15.0 Å². The van der Waals surface area contributed by atoms with Crippen LogP contribution in [0.2, 0.25) is 0 Å². The summed E-state index contributed by atoms with van der Waals surface area (Å²) in [6.07, 6.45) is 4.96. The van der Waals surface area contributed by atoms with Crippen molar-refractivity contribution in [1.29, 1.82) is 0 Å². The summed E-state index contributed by atoms with van der Waals surface area (Å²) >= 11 is 0. The number of carbonyl (C=O) groups excluding carboxylic acids is 1. The van der Waals surface area contributed by atoms with E-state index in [1.165, 1.54) is 12.5 Å². The number of nitrogens with one attached hydrogen (secondary N) is 1. The van der Waals surface area contributed by atoms with Crippen molar-refractivity contribution in [3.63, 3.8) is 0 Å². The molecule has 6 rings (SSSR count). The van der Waals surface area contributed by atoms with Crippen molar-refractivity contribution in [2.75, 3.05) is 23.4 Å². The zero-order valence-corrected chi connectivity index (χ0v) is 19.4. The number of alkyl halides is 2. The molecule has 5 heterocycles. The highest BCUT2D eigenvalue weighted by atomic mass is 19.3. The number of nitrogens with zero attached hydrogens (tertiary/aromatic N) is 6. The summed E-state index contributed by atoms with van der Waals surface area (Å²) in [4.78, 5) is 28.5. The number of rotatable bonds is 5. The summed E-state index contributed by atoms with van der Waals surface area (Å²) in [6.45, 7) is 3.60. The number of carbonyl (C=O) groups is 1. The minimum Gasteiger partial charge on any atom is -0.374 e. The lowest BCUT2D eigenvalue weighted by Crippen LogP contribution is -2.37. The summed E-state index contributed by atoms with van der Waals surface area (Å²) < 4.78 is 34.8. The van der Waals surface area contributed by atoms with Gasteiger partial charge in [-0.05, 0) is 50.2 Å². The second kappa shape index (κ2) is 8.78. The minimum atomic E-state index is -2.81. The van der Waals surface area contributed by atoms with Crippen molar-refractivity contribution in [3.05, 3.63) is 36.0 Å². The number of aromatic nitrogens is 5. The molecule has 184 valence electrons. The summed E-state index contributed by atoms with van der Waals surface area (Å²) in [7, 11) is 0. The SMILES string of the molecule is CC1CCC(n2cc(NC(=O)c3ncnc4ccc(N5C[C@@H]6C[C@H]5CO6)nc34)c(C(F)F)n2)CC1. The molecule has 1 amide bonds. The lowest BCUT2D eigenvalue weighted by molar-refractivity contribution is 0.0988. The molecule has 35 heavy (non-hydrogen) atoms. The van der Waals surface area contributed by atoms with Crippen LogP contribution in [0.5, 0.6) is 0 Å². The second-order valence-corrected chi connectivity index (χ2v) is 9.83. The monoisotopic (exact) mass is 483 g/mol. The fourth-order valence-electron chi connectivity index (χ4n) is 5.47. The quantitative estimate of drug-likeness (QED) is 0.582. The van der Waals surface area contributed by atoms with Crippen LogP contribution in [0.15, 0.2) is 24.7 Å². The second-order valence-electron chi connectivity index (χ2n) is 9.83. The summed E-state index contributed by atoms with van der Waals surface area (Å²) in [6, 6.07) is 3.99. The van der Waals surface area contributed by atoms with Gasteiger partial charge in [0, 0.05) is 12.7 Å². The van der Waals surface area contributed by atoms with E-state index in [4.69, 9.17) is 9.72 Å². The molecule has 0 spiro atoms. The first kappa shape index (κ1) is 22.3. The molecular formula is C24H27F2N7O2. The van der Waals surface area contributed by atoms with Gasteiger partial charge in [-0.2, -0.15) is 5.10 Å². The van der Waals surface area contributed by atoms with E-state index in [-0.39, 0.29) is 29.6 Å². The number of anilines is 2. The molecule has 2 aliphatic heterocycles. The first-order valence-electron chi connectivity index (χ1n) is 12.1. The molecule has 0 unspecified atom stereocenters. The summed E-state index contributed by atoms with van der Waals surface area (Å²) in [5, 5.41) is 6.76. The third-order valence-corrected chi connectivity index (χ3v) is 7.45. The Bertz CT molecular complexity index is 1260. The van der Waals surface area contributed by atoms with Crippen molar-refractivity contribution >= 4 is 28.4 Å². The van der Waals surface area contributed by atoms with Gasteiger partial charge in [0.1, 0.15) is 17.7 Å². The molecule has 1 aliphatic carbocycles. The molecule has 1 saturated carbocycles. The van der Waals surface area contributed by atoms with Gasteiger partial charge in [0.2, 0.25) is 0 Å². The molecular weight excluding hydrogens is 456 g/mol. The molecule has 2 atom stereocenters. The van der Waals surface area contributed by atoms with E-state index in [9.17, 15) is 13.6 Å². The standard InChI is InChI=1S/C24H27F2N7O2/c1-13-2-4-14(5-3-13)33-10-18(21(31-33)23(25)26)29-24(34)22-20-17(27-12-28-22)6-7-19(30-20)32-9-16-8-15(32)11-35-16/h6-7,10,12-16,23H,2-5,8-9,11H2,1H3,(H,29,34)/t13?,14?,15-,16-/m0/s1. The fraction of sp³-hybridized carbons (Fsp3) is 0.542. The molecule has 2 saturated heterocycles. The van der Waals surface area contributed by atoms with Gasteiger partial charge in [0.05, 0.1) is 36.0 Å². The third kappa shape index (κ3) is 4.11. The zero-order chi connectivity index (χ0) is 24.1. The number of fused-ring (bicyclic) bond motifs is 3. The van der Waals surface area contributed by atoms with Gasteiger partial charge in [-0.25, -0.2) is 23.7 Å². The molecule has 3 aromatic rings. The lowest BCUT2D eigenvalue weighted by Gasteiger charge is -2.28. The molecule has 3 aromatic heterocycles. The number of morpholine rings is 1. The van der Waals surface area contributed by atoms with Gasteiger partial charge in [-0.3, -0.25) is 9.48 Å². The fourth-order valence-corrected chi connectivity index (χ4v) is 5.47. The highest BCUT2D eigenvalue weighted by molar-refractivity contribution is 6.10. The maximum absolute atomic E-state index is 13.8. The van der Waals surface area contributed by atoms with Crippen LogP contribution in [-0.2, 0) is 4.74 Å². The van der Waals surface area contributed by atoms with Crippen LogP contribution in [0.4, 0.5) is 20.3 Å². The normalized spacial score (nSPS) is 26.1. The number of amides is 1. The Kier molecular flexibility index (Phi) is 5.58. The van der Waals surface area contributed by atoms with Crippen molar-refractivity contribution in [2.45, 2.75) is 63.6 Å². The predicted molar refractivity (Wildman–Crippen MR) is 125 cm³/mol. The molecule has 0 radical (unpaired) electrons. The Morgan fingerprint density at radius 3 is 2.71 bits per heavy atom. The van der Waals surface area contributed by atoms with E-state index in [2.05, 4.69) is 32.2 Å². The minimum absolute atomic E-state index is 0.000500. The van der Waals surface area contributed by atoms with E-state index in [0.717, 1.165) is 44.5 Å². The molecule has 3 fully saturated rings. The Balaban J connectivity index is 1.29. The van der Waals surface area contributed by atoms with Crippen molar-refractivity contribution in [1.82, 2.24) is 24.7 Å². The third-order valence-electron chi connectivity index (χ3n) is 7.45. The van der Waals surface area contributed by atoms with Crippen molar-refractivity contribution in [3.8, 4) is 0 Å². The number of hydrogen-bond donors (Lipinski definition) is 1. The topological polar surface area (TPSA) is 98.1 Å². The van der Waals surface area contributed by atoms with Gasteiger partial charge in [-0.1, -0.05) is 6.92 Å². The first-order valence-corrected chi connectivity index (χ1v) is 12.1. The van der Waals surface area contributed by atoms with E-state index in [0.29, 0.717) is 23.6 Å². The highest BCUT2D eigenvalue weighted by Crippen LogP contribution is 2.35. The molecule has 3 aliphatic rings.